The van der Waals surface area contributed by atoms with Gasteiger partial charge < -0.3 is 10.8 Å². The van der Waals surface area contributed by atoms with Gasteiger partial charge in [0.25, 0.3) is 0 Å². The summed E-state index contributed by atoms with van der Waals surface area (Å²) in [6, 6.07) is 0.245. The van der Waals surface area contributed by atoms with Gasteiger partial charge in [0.1, 0.15) is 0 Å². The van der Waals surface area contributed by atoms with Gasteiger partial charge in [-0.3, -0.25) is 0 Å². The fourth-order valence-electron chi connectivity index (χ4n) is 3.16. The quantitative estimate of drug-likeness (QED) is 0.615. The largest absolute Gasteiger partial charge is 0.396 e. The van der Waals surface area contributed by atoms with Crippen LogP contribution in [0.2, 0.25) is 0 Å². The average Bonchev–Trinajstić information content (AvgIpc) is 2.03. The smallest absolute Gasteiger partial charge is 0.0474 e. The zero-order valence-electron chi connectivity index (χ0n) is 7.96. The van der Waals surface area contributed by atoms with Gasteiger partial charge in [-0.25, -0.2) is 0 Å². The van der Waals surface area contributed by atoms with Crippen LogP contribution in [-0.4, -0.2) is 17.8 Å². The van der Waals surface area contributed by atoms with Crippen LogP contribution in [0.3, 0.4) is 0 Å². The molecule has 3 fully saturated rings. The Morgan fingerprint density at radius 3 is 2.50 bits per heavy atom. The van der Waals surface area contributed by atoms with Crippen molar-refractivity contribution in [3.8, 4) is 0 Å². The highest BCUT2D eigenvalue weighted by molar-refractivity contribution is 5.07. The van der Waals surface area contributed by atoms with Crippen LogP contribution in [0.15, 0.2) is 0 Å². The molecule has 0 aromatic carbocycles. The van der Waals surface area contributed by atoms with Crippen molar-refractivity contribution in [3.05, 3.63) is 0 Å². The molecule has 0 spiro atoms. The molecule has 70 valence electrons. The van der Waals surface area contributed by atoms with Crippen molar-refractivity contribution in [1.29, 1.82) is 0 Å². The molecule has 4 atom stereocenters. The molecule has 0 aromatic heterocycles. The van der Waals surface area contributed by atoms with Gasteiger partial charge in [0.05, 0.1) is 0 Å². The van der Waals surface area contributed by atoms with Gasteiger partial charge in [0.15, 0.2) is 0 Å². The van der Waals surface area contributed by atoms with E-state index in [9.17, 15) is 0 Å². The lowest BCUT2D eigenvalue weighted by Gasteiger charge is -2.61. The van der Waals surface area contributed by atoms with Crippen molar-refractivity contribution in [2.45, 2.75) is 32.7 Å². The summed E-state index contributed by atoms with van der Waals surface area (Å²) < 4.78 is 0. The van der Waals surface area contributed by atoms with E-state index in [1.165, 1.54) is 6.42 Å². The van der Waals surface area contributed by atoms with Crippen molar-refractivity contribution >= 4 is 0 Å². The molecule has 0 aliphatic heterocycles. The molecule has 0 radical (unpaired) electrons. The van der Waals surface area contributed by atoms with E-state index in [4.69, 9.17) is 10.8 Å². The molecular formula is C10H19NO. The van der Waals surface area contributed by atoms with Crippen LogP contribution in [0.4, 0.5) is 0 Å². The Hall–Kier alpha value is -0.0800. The predicted molar refractivity (Wildman–Crippen MR) is 48.5 cm³/mol. The minimum Gasteiger partial charge on any atom is -0.396 e. The maximum atomic E-state index is 9.09. The lowest BCUT2D eigenvalue weighted by atomic mass is 9.45. The van der Waals surface area contributed by atoms with Gasteiger partial charge in [-0.2, -0.15) is 0 Å². The summed E-state index contributed by atoms with van der Waals surface area (Å²) in [6.07, 6.45) is 2.44. The van der Waals surface area contributed by atoms with Crippen LogP contribution in [0.5, 0.6) is 0 Å². The van der Waals surface area contributed by atoms with E-state index in [2.05, 4.69) is 13.8 Å². The topological polar surface area (TPSA) is 46.2 Å². The SMILES string of the molecule is CC1(C)[C@@H]2C[C@@H](CO)[C@@H](N)[C@@H]1C2. The zero-order valence-corrected chi connectivity index (χ0v) is 7.96. The minimum atomic E-state index is 0.245. The number of aliphatic hydroxyl groups excluding tert-OH is 1. The second-order valence-corrected chi connectivity index (χ2v) is 5.12. The molecule has 0 heterocycles. The van der Waals surface area contributed by atoms with Crippen LogP contribution in [0.1, 0.15) is 26.7 Å². The molecule has 3 rings (SSSR count). The normalized spacial score (nSPS) is 50.0. The highest BCUT2D eigenvalue weighted by Crippen LogP contribution is 2.59. The predicted octanol–water partition coefficient (Wildman–Crippen LogP) is 0.988. The summed E-state index contributed by atoms with van der Waals surface area (Å²) in [5.41, 5.74) is 6.54. The molecule has 2 heteroatoms. The molecular weight excluding hydrogens is 150 g/mol. The van der Waals surface area contributed by atoms with E-state index < -0.39 is 0 Å². The van der Waals surface area contributed by atoms with Crippen LogP contribution < -0.4 is 5.73 Å². The standard InChI is InChI=1S/C10H19NO/c1-10(2)7-3-6(5-12)9(11)8(10)4-7/h6-9,12H,3-5,11H2,1-2H3/t6-,7+,8-,9+/m0/s1. The van der Waals surface area contributed by atoms with Gasteiger partial charge in [-0.05, 0) is 36.0 Å². The Kier molecular flexibility index (Phi) is 1.74. The summed E-state index contributed by atoms with van der Waals surface area (Å²) in [5.74, 6) is 1.86. The van der Waals surface area contributed by atoms with Gasteiger partial charge >= 0.3 is 0 Å². The van der Waals surface area contributed by atoms with Gasteiger partial charge in [-0.15, -0.1) is 0 Å². The number of nitrogens with two attached hydrogens (primary N) is 1. The van der Waals surface area contributed by atoms with Crippen molar-refractivity contribution in [3.63, 3.8) is 0 Å². The molecule has 0 saturated heterocycles. The molecule has 3 saturated carbocycles. The van der Waals surface area contributed by atoms with Gasteiger partial charge in [0.2, 0.25) is 0 Å². The Bertz CT molecular complexity index is 190. The number of aliphatic hydroxyl groups is 1. The Morgan fingerprint density at radius 1 is 1.42 bits per heavy atom. The van der Waals surface area contributed by atoms with E-state index >= 15 is 0 Å². The van der Waals surface area contributed by atoms with Crippen molar-refractivity contribution < 1.29 is 5.11 Å². The first-order valence-electron chi connectivity index (χ1n) is 4.93. The lowest BCUT2D eigenvalue weighted by molar-refractivity contribution is -0.113. The summed E-state index contributed by atoms with van der Waals surface area (Å²) in [7, 11) is 0. The first-order valence-corrected chi connectivity index (χ1v) is 4.93. The third kappa shape index (κ3) is 0.882. The number of hydrogen-bond donors (Lipinski definition) is 2. The molecule has 12 heavy (non-hydrogen) atoms. The van der Waals surface area contributed by atoms with Gasteiger partial charge in [-0.1, -0.05) is 13.8 Å². The van der Waals surface area contributed by atoms with Crippen LogP contribution in [0, 0.1) is 23.2 Å². The second kappa shape index (κ2) is 2.46. The van der Waals surface area contributed by atoms with Crippen molar-refractivity contribution in [2.75, 3.05) is 6.61 Å². The van der Waals surface area contributed by atoms with Crippen molar-refractivity contribution in [2.24, 2.45) is 28.9 Å². The third-order valence-electron chi connectivity index (χ3n) is 4.38. The second-order valence-electron chi connectivity index (χ2n) is 5.12. The summed E-state index contributed by atoms with van der Waals surface area (Å²) >= 11 is 0. The van der Waals surface area contributed by atoms with Crippen molar-refractivity contribution in [1.82, 2.24) is 0 Å². The van der Waals surface area contributed by atoms with E-state index in [0.717, 1.165) is 12.3 Å². The fraction of sp³-hybridized carbons (Fsp3) is 1.00. The molecule has 3 aliphatic carbocycles. The highest BCUT2D eigenvalue weighted by atomic mass is 16.3. The zero-order chi connectivity index (χ0) is 8.93. The molecule has 0 unspecified atom stereocenters. The third-order valence-corrected chi connectivity index (χ3v) is 4.38. The monoisotopic (exact) mass is 169 g/mol. The number of hydrogen-bond acceptors (Lipinski definition) is 2. The molecule has 3 aliphatic rings. The molecule has 0 amide bonds. The number of fused-ring (bicyclic) bond motifs is 2. The Balaban J connectivity index is 2.11. The summed E-state index contributed by atoms with van der Waals surface area (Å²) in [4.78, 5) is 0. The average molecular weight is 169 g/mol. The molecule has 2 nitrogen and oxygen atoms in total. The molecule has 0 aromatic rings. The lowest BCUT2D eigenvalue weighted by Crippen LogP contribution is -2.61. The number of rotatable bonds is 1. The Labute approximate surface area is 74.1 Å². The van der Waals surface area contributed by atoms with E-state index in [1.54, 1.807) is 0 Å². The minimum absolute atomic E-state index is 0.245. The van der Waals surface area contributed by atoms with Gasteiger partial charge in [0, 0.05) is 12.6 Å². The summed E-state index contributed by atoms with van der Waals surface area (Å²) in [5, 5.41) is 9.09. The summed E-state index contributed by atoms with van der Waals surface area (Å²) in [6.45, 7) is 4.92. The van der Waals surface area contributed by atoms with Crippen LogP contribution >= 0.6 is 0 Å². The van der Waals surface area contributed by atoms with E-state index in [0.29, 0.717) is 17.3 Å². The maximum Gasteiger partial charge on any atom is 0.0474 e. The van der Waals surface area contributed by atoms with E-state index in [1.807, 2.05) is 0 Å². The Morgan fingerprint density at radius 2 is 2.08 bits per heavy atom. The molecule has 3 N–H and O–H groups in total. The fourth-order valence-corrected chi connectivity index (χ4v) is 3.16. The van der Waals surface area contributed by atoms with Crippen LogP contribution in [-0.2, 0) is 0 Å². The highest BCUT2D eigenvalue weighted by Gasteiger charge is 2.56. The first-order chi connectivity index (χ1) is 5.57. The van der Waals surface area contributed by atoms with Crippen LogP contribution in [0.25, 0.3) is 0 Å². The first kappa shape index (κ1) is 8.52. The van der Waals surface area contributed by atoms with E-state index in [-0.39, 0.29) is 12.6 Å². The molecule has 2 bridgehead atoms. The maximum absolute atomic E-state index is 9.09.